The first-order valence-corrected chi connectivity index (χ1v) is 9.42. The number of ether oxygens (including phenoxy) is 1. The molecule has 0 saturated carbocycles. The van der Waals surface area contributed by atoms with Gasteiger partial charge in [0.15, 0.2) is 0 Å². The van der Waals surface area contributed by atoms with Crippen molar-refractivity contribution in [2.45, 2.75) is 24.2 Å². The number of aromatic nitrogens is 2. The van der Waals surface area contributed by atoms with Crippen molar-refractivity contribution >= 4 is 29.0 Å². The first-order chi connectivity index (χ1) is 11.1. The van der Waals surface area contributed by atoms with Gasteiger partial charge in [-0.05, 0) is 19.1 Å². The van der Waals surface area contributed by atoms with Crippen LogP contribution < -0.4 is 4.74 Å². The molecule has 5 nitrogen and oxygen atoms in total. The van der Waals surface area contributed by atoms with Crippen LogP contribution >= 0.6 is 23.1 Å². The van der Waals surface area contributed by atoms with E-state index in [-0.39, 0.29) is 16.8 Å². The van der Waals surface area contributed by atoms with E-state index in [1.807, 2.05) is 41.1 Å². The Hall–Kier alpha value is -1.60. The number of hydrogen-bond donors (Lipinski definition) is 0. The first-order valence-electron chi connectivity index (χ1n) is 7.56. The van der Waals surface area contributed by atoms with Gasteiger partial charge in [-0.2, -0.15) is 0 Å². The highest BCUT2D eigenvalue weighted by Crippen LogP contribution is 2.46. The van der Waals surface area contributed by atoms with E-state index in [1.165, 1.54) is 11.3 Å². The van der Waals surface area contributed by atoms with E-state index >= 15 is 0 Å². The molecule has 2 aliphatic heterocycles. The van der Waals surface area contributed by atoms with Gasteiger partial charge in [0, 0.05) is 36.8 Å². The quantitative estimate of drug-likeness (QED) is 0.854. The van der Waals surface area contributed by atoms with Crippen LogP contribution in [0.3, 0.4) is 0 Å². The maximum absolute atomic E-state index is 12.4. The smallest absolute Gasteiger partial charge is 0.273 e. The second-order valence-corrected chi connectivity index (χ2v) is 8.59. The Morgan fingerprint density at radius 2 is 2.35 bits per heavy atom. The fraction of sp³-hybridized carbons (Fsp3) is 0.438. The molecule has 0 N–H and O–H groups in total. The van der Waals surface area contributed by atoms with Crippen LogP contribution in [0.25, 0.3) is 0 Å². The molecule has 2 saturated heterocycles. The summed E-state index contributed by atoms with van der Waals surface area (Å²) in [6, 6.07) is 3.82. The van der Waals surface area contributed by atoms with Crippen molar-refractivity contribution in [3.63, 3.8) is 0 Å². The van der Waals surface area contributed by atoms with Crippen LogP contribution in [0.1, 0.15) is 21.9 Å². The number of carbonyl (C=O) groups excluding carboxylic acids is 1. The molecule has 0 aliphatic carbocycles. The van der Waals surface area contributed by atoms with Crippen molar-refractivity contribution in [2.24, 2.45) is 0 Å². The van der Waals surface area contributed by atoms with Crippen molar-refractivity contribution < 1.29 is 9.53 Å². The lowest BCUT2D eigenvalue weighted by Gasteiger charge is -2.47. The van der Waals surface area contributed by atoms with Gasteiger partial charge in [-0.3, -0.25) is 9.78 Å². The minimum Gasteiger partial charge on any atom is -0.488 e. The number of amides is 1. The molecule has 7 heteroatoms. The van der Waals surface area contributed by atoms with Crippen LogP contribution in [0.2, 0.25) is 0 Å². The number of pyridine rings is 1. The molecule has 2 aromatic rings. The zero-order valence-electron chi connectivity index (χ0n) is 12.8. The lowest BCUT2D eigenvalue weighted by atomic mass is 9.92. The maximum atomic E-state index is 12.4. The molecule has 2 fully saturated rings. The highest BCUT2D eigenvalue weighted by atomic mass is 32.2. The number of hydrogen-bond acceptors (Lipinski definition) is 6. The summed E-state index contributed by atoms with van der Waals surface area (Å²) < 4.78 is 6.15. The third-order valence-corrected chi connectivity index (χ3v) is 6.54. The van der Waals surface area contributed by atoms with E-state index in [4.69, 9.17) is 4.74 Å². The zero-order valence-corrected chi connectivity index (χ0v) is 14.4. The average Bonchev–Trinajstić information content (AvgIpc) is 3.13. The lowest BCUT2D eigenvalue weighted by Crippen LogP contribution is -2.60. The normalized spacial score (nSPS) is 22.1. The van der Waals surface area contributed by atoms with E-state index in [9.17, 15) is 4.79 Å². The summed E-state index contributed by atoms with van der Waals surface area (Å²) in [6.07, 6.45) is 4.67. The predicted molar refractivity (Wildman–Crippen MR) is 91.2 cm³/mol. The second kappa shape index (κ2) is 5.79. The minimum absolute atomic E-state index is 0.0530. The number of carbonyl (C=O) groups is 1. The van der Waals surface area contributed by atoms with Crippen molar-refractivity contribution in [1.29, 1.82) is 0 Å². The molecule has 120 valence electrons. The van der Waals surface area contributed by atoms with Gasteiger partial charge in [-0.1, -0.05) is 0 Å². The largest absolute Gasteiger partial charge is 0.488 e. The number of thiazole rings is 1. The Kier molecular flexibility index (Phi) is 3.77. The molecule has 1 atom stereocenters. The number of likely N-dealkylation sites (tertiary alicyclic amines) is 1. The van der Waals surface area contributed by atoms with Crippen molar-refractivity contribution in [3.8, 4) is 5.75 Å². The summed E-state index contributed by atoms with van der Waals surface area (Å²) in [6.45, 7) is 3.51. The fourth-order valence-corrected chi connectivity index (χ4v) is 5.23. The number of rotatable bonds is 3. The molecule has 0 aromatic carbocycles. The Bertz CT molecular complexity index is 713. The van der Waals surface area contributed by atoms with Crippen LogP contribution in [0, 0.1) is 6.92 Å². The van der Waals surface area contributed by atoms with Gasteiger partial charge >= 0.3 is 0 Å². The monoisotopic (exact) mass is 347 g/mol. The molecule has 2 aliphatic rings. The molecule has 0 bridgehead atoms. The molecule has 23 heavy (non-hydrogen) atoms. The lowest BCUT2D eigenvalue weighted by molar-refractivity contribution is 0.0512. The highest BCUT2D eigenvalue weighted by molar-refractivity contribution is 8.01. The topological polar surface area (TPSA) is 55.3 Å². The Balaban J connectivity index is 1.33. The standard InChI is InChI=1S/C16H17N3O2S2/c1-11-18-14(8-22-11)15(20)19-9-16(10-19)5-13(7-23-16)21-12-3-2-4-17-6-12/h2-4,6,8,13H,5,7,9-10H2,1H3/t13-/m0/s1. The first kappa shape index (κ1) is 15.0. The molecule has 1 amide bonds. The summed E-state index contributed by atoms with van der Waals surface area (Å²) in [5.41, 5.74) is 0.577. The average molecular weight is 347 g/mol. The third kappa shape index (κ3) is 2.95. The summed E-state index contributed by atoms with van der Waals surface area (Å²) in [5, 5.41) is 2.78. The summed E-state index contributed by atoms with van der Waals surface area (Å²) in [7, 11) is 0. The van der Waals surface area contributed by atoms with Crippen molar-refractivity contribution in [1.82, 2.24) is 14.9 Å². The summed E-state index contributed by atoms with van der Waals surface area (Å²) in [5.74, 6) is 1.84. The van der Waals surface area contributed by atoms with Crippen molar-refractivity contribution in [2.75, 3.05) is 18.8 Å². The zero-order chi connectivity index (χ0) is 15.9. The molecule has 0 unspecified atom stereocenters. The molecule has 0 radical (unpaired) electrons. The van der Waals surface area contributed by atoms with Gasteiger partial charge in [0.1, 0.15) is 17.5 Å². The highest BCUT2D eigenvalue weighted by Gasteiger charge is 2.51. The summed E-state index contributed by atoms with van der Waals surface area (Å²) in [4.78, 5) is 22.6. The van der Waals surface area contributed by atoms with Gasteiger partial charge in [0.2, 0.25) is 0 Å². The number of nitrogens with zero attached hydrogens (tertiary/aromatic N) is 3. The maximum Gasteiger partial charge on any atom is 0.273 e. The van der Waals surface area contributed by atoms with Crippen molar-refractivity contribution in [3.05, 3.63) is 40.6 Å². The molecule has 2 aromatic heterocycles. The Morgan fingerprint density at radius 3 is 3.04 bits per heavy atom. The van der Waals surface area contributed by atoms with Crippen LogP contribution in [-0.2, 0) is 0 Å². The van der Waals surface area contributed by atoms with E-state index < -0.39 is 0 Å². The molecule has 4 heterocycles. The van der Waals surface area contributed by atoms with Gasteiger partial charge < -0.3 is 9.64 Å². The SMILES string of the molecule is Cc1nc(C(=O)N2CC3(C[C@H](Oc4cccnc4)CS3)C2)cs1. The second-order valence-electron chi connectivity index (χ2n) is 6.04. The van der Waals surface area contributed by atoms with Gasteiger partial charge in [0.05, 0.1) is 16.0 Å². The van der Waals surface area contributed by atoms with Crippen LogP contribution in [0.15, 0.2) is 29.9 Å². The Morgan fingerprint density at radius 1 is 1.48 bits per heavy atom. The molecule has 1 spiro atoms. The number of thioether (sulfide) groups is 1. The predicted octanol–water partition coefficient (Wildman–Crippen LogP) is 2.63. The van der Waals surface area contributed by atoms with Gasteiger partial charge in [-0.25, -0.2) is 4.98 Å². The van der Waals surface area contributed by atoms with Crippen LogP contribution in [0.5, 0.6) is 5.75 Å². The molecular formula is C16H17N3O2S2. The fourth-order valence-electron chi connectivity index (χ4n) is 3.12. The number of aryl methyl sites for hydroxylation is 1. The molecular weight excluding hydrogens is 330 g/mol. The van der Waals surface area contributed by atoms with Crippen LogP contribution in [0.4, 0.5) is 0 Å². The van der Waals surface area contributed by atoms with Crippen LogP contribution in [-0.4, -0.2) is 50.5 Å². The summed E-state index contributed by atoms with van der Waals surface area (Å²) >= 11 is 3.44. The van der Waals surface area contributed by atoms with Gasteiger partial charge in [0.25, 0.3) is 5.91 Å². The van der Waals surface area contributed by atoms with E-state index in [1.54, 1.807) is 12.4 Å². The third-order valence-electron chi connectivity index (χ3n) is 4.20. The molecule has 4 rings (SSSR count). The van der Waals surface area contributed by atoms with E-state index in [0.29, 0.717) is 5.69 Å². The Labute approximate surface area is 143 Å². The van der Waals surface area contributed by atoms with Gasteiger partial charge in [-0.15, -0.1) is 23.1 Å². The van der Waals surface area contributed by atoms with E-state index in [2.05, 4.69) is 9.97 Å². The van der Waals surface area contributed by atoms with E-state index in [0.717, 1.165) is 36.0 Å². The minimum atomic E-state index is 0.0530.